The maximum Gasteiger partial charge on any atom is 0.332 e. The van der Waals surface area contributed by atoms with Crippen LogP contribution in [0, 0.1) is 5.92 Å². The molecule has 9 nitrogen and oxygen atoms in total. The highest BCUT2D eigenvalue weighted by molar-refractivity contribution is 6.42. The zero-order chi connectivity index (χ0) is 24.1. The van der Waals surface area contributed by atoms with Gasteiger partial charge in [-0.05, 0) is 42.2 Å². The summed E-state index contributed by atoms with van der Waals surface area (Å²) in [7, 11) is 3.30. The predicted molar refractivity (Wildman–Crippen MR) is 131 cm³/mol. The molecule has 2 atom stereocenters. The number of imidazole rings is 1. The van der Waals surface area contributed by atoms with Gasteiger partial charge < -0.3 is 15.0 Å². The standard InChI is InChI=1S/C23H22Cl2N6O3/c1-29-19-20(28-22(29)27-17-4-3-7-26-18(17)14-9-13(14)11-32)30(2)23(34)31(21(19)33)10-12-5-6-15(24)16(25)8-12/h3-8,13-14,32H,9-11H2,1-2H3,(H,27,28)/t13-,14+/m1/s1. The second kappa shape index (κ2) is 8.57. The van der Waals surface area contributed by atoms with Gasteiger partial charge in [-0.15, -0.1) is 0 Å². The molecule has 0 aliphatic heterocycles. The molecule has 3 heterocycles. The molecule has 1 saturated carbocycles. The van der Waals surface area contributed by atoms with Gasteiger partial charge >= 0.3 is 5.69 Å². The van der Waals surface area contributed by atoms with Gasteiger partial charge in [0.15, 0.2) is 11.2 Å². The monoisotopic (exact) mass is 500 g/mol. The Balaban J connectivity index is 1.57. The Labute approximate surface area is 204 Å². The second-order valence-electron chi connectivity index (χ2n) is 8.49. The fourth-order valence-corrected chi connectivity index (χ4v) is 4.56. The van der Waals surface area contributed by atoms with E-state index in [0.717, 1.165) is 22.4 Å². The molecule has 1 fully saturated rings. The summed E-state index contributed by atoms with van der Waals surface area (Å²) in [5.74, 6) is 0.784. The van der Waals surface area contributed by atoms with Crippen LogP contribution in [0.5, 0.6) is 0 Å². The van der Waals surface area contributed by atoms with Gasteiger partial charge in [0.05, 0.1) is 28.0 Å². The Bertz CT molecular complexity index is 1540. The van der Waals surface area contributed by atoms with Crippen LogP contribution in [0.15, 0.2) is 46.1 Å². The van der Waals surface area contributed by atoms with Gasteiger partial charge in [0, 0.05) is 32.8 Å². The van der Waals surface area contributed by atoms with Crippen molar-refractivity contribution in [3.05, 3.63) is 78.7 Å². The summed E-state index contributed by atoms with van der Waals surface area (Å²) in [6.07, 6.45) is 2.59. The van der Waals surface area contributed by atoms with Crippen LogP contribution < -0.4 is 16.6 Å². The molecule has 0 amide bonds. The molecule has 1 aliphatic carbocycles. The molecule has 34 heavy (non-hydrogen) atoms. The molecule has 176 valence electrons. The minimum atomic E-state index is -0.487. The molecule has 11 heteroatoms. The van der Waals surface area contributed by atoms with Gasteiger partial charge in [-0.2, -0.15) is 4.98 Å². The summed E-state index contributed by atoms with van der Waals surface area (Å²) in [5.41, 5.74) is 1.89. The van der Waals surface area contributed by atoms with Crippen LogP contribution in [0.1, 0.15) is 23.6 Å². The number of aromatic nitrogens is 5. The molecule has 5 rings (SSSR count). The number of hydrogen-bond donors (Lipinski definition) is 2. The first-order valence-corrected chi connectivity index (χ1v) is 11.5. The first-order chi connectivity index (χ1) is 16.3. The quantitative estimate of drug-likeness (QED) is 0.421. The Hall–Kier alpha value is -3.14. The number of halogens is 2. The van der Waals surface area contributed by atoms with Gasteiger partial charge in [-0.3, -0.25) is 18.9 Å². The van der Waals surface area contributed by atoms with Crippen molar-refractivity contribution in [2.45, 2.75) is 18.9 Å². The van der Waals surface area contributed by atoms with Crippen molar-refractivity contribution >= 4 is 46.0 Å². The summed E-state index contributed by atoms with van der Waals surface area (Å²) >= 11 is 12.1. The second-order valence-corrected chi connectivity index (χ2v) is 9.31. The molecule has 1 aromatic carbocycles. The van der Waals surface area contributed by atoms with Gasteiger partial charge in [-0.1, -0.05) is 29.3 Å². The zero-order valence-corrected chi connectivity index (χ0v) is 20.0. The minimum Gasteiger partial charge on any atom is -0.396 e. The number of benzene rings is 1. The Morgan fingerprint density at radius 2 is 1.94 bits per heavy atom. The van der Waals surface area contributed by atoms with Crippen molar-refractivity contribution in [3.63, 3.8) is 0 Å². The van der Waals surface area contributed by atoms with E-state index >= 15 is 0 Å². The SMILES string of the molecule is Cn1c(Nc2cccnc2[C@H]2C[C@@H]2CO)nc2c1c(=O)n(Cc1ccc(Cl)c(Cl)c1)c(=O)n2C. The third-order valence-corrected chi connectivity index (χ3v) is 7.02. The number of aliphatic hydroxyl groups is 1. The van der Waals surface area contributed by atoms with Crippen molar-refractivity contribution < 1.29 is 5.11 Å². The minimum absolute atomic E-state index is 0.0449. The lowest BCUT2D eigenvalue weighted by molar-refractivity contribution is 0.273. The van der Waals surface area contributed by atoms with Gasteiger partial charge in [-0.25, -0.2) is 4.79 Å². The lowest BCUT2D eigenvalue weighted by Crippen LogP contribution is -2.39. The van der Waals surface area contributed by atoms with Crippen LogP contribution in [-0.4, -0.2) is 35.4 Å². The zero-order valence-electron chi connectivity index (χ0n) is 18.5. The number of anilines is 2. The fourth-order valence-electron chi connectivity index (χ4n) is 4.24. The van der Waals surface area contributed by atoms with E-state index in [1.807, 2.05) is 12.1 Å². The maximum absolute atomic E-state index is 13.4. The van der Waals surface area contributed by atoms with Gasteiger partial charge in [0.2, 0.25) is 5.95 Å². The number of hydrogen-bond acceptors (Lipinski definition) is 6. The van der Waals surface area contributed by atoms with E-state index in [4.69, 9.17) is 23.2 Å². The third kappa shape index (κ3) is 3.79. The van der Waals surface area contributed by atoms with E-state index in [2.05, 4.69) is 15.3 Å². The summed E-state index contributed by atoms with van der Waals surface area (Å²) in [6, 6.07) is 8.69. The highest BCUT2D eigenvalue weighted by Gasteiger charge is 2.40. The molecule has 4 aromatic rings. The number of nitrogens with one attached hydrogen (secondary N) is 1. The molecule has 0 spiro atoms. The van der Waals surface area contributed by atoms with Crippen molar-refractivity contribution in [1.82, 2.24) is 23.7 Å². The summed E-state index contributed by atoms with van der Waals surface area (Å²) < 4.78 is 4.14. The van der Waals surface area contributed by atoms with Crippen molar-refractivity contribution in [1.29, 1.82) is 0 Å². The predicted octanol–water partition coefficient (Wildman–Crippen LogP) is 3.02. The molecule has 0 saturated heterocycles. The van der Waals surface area contributed by atoms with E-state index in [0.29, 0.717) is 21.6 Å². The Kier molecular flexibility index (Phi) is 5.71. The lowest BCUT2D eigenvalue weighted by atomic mass is 10.2. The Morgan fingerprint density at radius 1 is 1.15 bits per heavy atom. The fraction of sp³-hybridized carbons (Fsp3) is 0.304. The van der Waals surface area contributed by atoms with Crippen LogP contribution in [0.25, 0.3) is 11.2 Å². The number of nitrogens with zero attached hydrogens (tertiary/aromatic N) is 5. The number of fused-ring (bicyclic) bond motifs is 1. The summed E-state index contributed by atoms with van der Waals surface area (Å²) in [4.78, 5) is 35.4. The smallest absolute Gasteiger partial charge is 0.332 e. The van der Waals surface area contributed by atoms with Crippen LogP contribution >= 0.6 is 23.2 Å². The van der Waals surface area contributed by atoms with E-state index in [1.54, 1.807) is 43.1 Å². The van der Waals surface area contributed by atoms with Gasteiger partial charge in [0.25, 0.3) is 5.56 Å². The van der Waals surface area contributed by atoms with E-state index in [9.17, 15) is 14.7 Å². The van der Waals surface area contributed by atoms with Crippen molar-refractivity contribution in [2.75, 3.05) is 11.9 Å². The van der Waals surface area contributed by atoms with E-state index < -0.39 is 11.2 Å². The molecule has 0 bridgehead atoms. The van der Waals surface area contributed by atoms with Crippen LogP contribution in [0.4, 0.5) is 11.6 Å². The Morgan fingerprint density at radius 3 is 2.65 bits per heavy atom. The van der Waals surface area contributed by atoms with E-state index in [1.165, 1.54) is 4.57 Å². The first-order valence-electron chi connectivity index (χ1n) is 10.7. The van der Waals surface area contributed by atoms with E-state index in [-0.39, 0.29) is 36.2 Å². The van der Waals surface area contributed by atoms with Crippen molar-refractivity contribution in [3.8, 4) is 0 Å². The van der Waals surface area contributed by atoms with Gasteiger partial charge in [0.1, 0.15) is 0 Å². The number of pyridine rings is 1. The lowest BCUT2D eigenvalue weighted by Gasteiger charge is -2.11. The number of aliphatic hydroxyl groups excluding tert-OH is 1. The van der Waals surface area contributed by atoms with Crippen LogP contribution in [0.2, 0.25) is 10.0 Å². The summed E-state index contributed by atoms with van der Waals surface area (Å²) in [6.45, 7) is 0.163. The van der Waals surface area contributed by atoms with Crippen LogP contribution in [-0.2, 0) is 20.6 Å². The molecule has 1 aliphatic rings. The molecule has 0 radical (unpaired) electrons. The first kappa shape index (κ1) is 22.6. The number of aryl methyl sites for hydroxylation is 2. The highest BCUT2D eigenvalue weighted by Crippen LogP contribution is 2.48. The molecular weight excluding hydrogens is 479 g/mol. The number of rotatable bonds is 6. The summed E-state index contributed by atoms with van der Waals surface area (Å²) in [5, 5.41) is 13.5. The topological polar surface area (TPSA) is 107 Å². The average Bonchev–Trinajstić information content (AvgIpc) is 3.54. The molecule has 3 aromatic heterocycles. The van der Waals surface area contributed by atoms with Crippen molar-refractivity contribution in [2.24, 2.45) is 20.0 Å². The average molecular weight is 501 g/mol. The largest absolute Gasteiger partial charge is 0.396 e. The highest BCUT2D eigenvalue weighted by atomic mass is 35.5. The third-order valence-electron chi connectivity index (χ3n) is 6.28. The normalized spacial score (nSPS) is 17.3. The molecular formula is C23H22Cl2N6O3. The molecule has 2 N–H and O–H groups in total. The molecule has 0 unspecified atom stereocenters. The maximum atomic E-state index is 13.4. The van der Waals surface area contributed by atoms with Crippen LogP contribution in [0.3, 0.4) is 0 Å².